The Labute approximate surface area is 195 Å². The van der Waals surface area contributed by atoms with E-state index >= 15 is 0 Å². The number of thioether (sulfide) groups is 1. The first-order valence-electron chi connectivity index (χ1n) is 10.6. The zero-order chi connectivity index (χ0) is 22.8. The second-order valence-corrected chi connectivity index (χ2v) is 8.69. The smallest absolute Gasteiger partial charge is 0.266 e. The van der Waals surface area contributed by atoms with Gasteiger partial charge in [-0.05, 0) is 42.6 Å². The van der Waals surface area contributed by atoms with Crippen LogP contribution in [0.2, 0.25) is 0 Å². The number of aryl methyl sites for hydroxylation is 1. The van der Waals surface area contributed by atoms with Gasteiger partial charge in [0.2, 0.25) is 5.91 Å². The van der Waals surface area contributed by atoms with Gasteiger partial charge in [-0.2, -0.15) is 0 Å². The molecule has 6 heteroatoms. The van der Waals surface area contributed by atoms with Crippen LogP contribution in [-0.4, -0.2) is 21.2 Å². The highest BCUT2D eigenvalue weighted by molar-refractivity contribution is 7.99. The molecule has 4 aromatic carbocycles. The second-order valence-electron chi connectivity index (χ2n) is 7.75. The molecule has 0 aliphatic carbocycles. The maximum Gasteiger partial charge on any atom is 0.266 e. The molecule has 5 rings (SSSR count). The highest BCUT2D eigenvalue weighted by Crippen LogP contribution is 2.25. The average Bonchev–Trinajstić information content (AvgIpc) is 2.84. The molecule has 1 aromatic heterocycles. The van der Waals surface area contributed by atoms with Gasteiger partial charge in [0.25, 0.3) is 5.56 Å². The van der Waals surface area contributed by atoms with E-state index < -0.39 is 0 Å². The first-order chi connectivity index (χ1) is 16.1. The van der Waals surface area contributed by atoms with Gasteiger partial charge in [0, 0.05) is 11.1 Å². The average molecular weight is 452 g/mol. The van der Waals surface area contributed by atoms with Gasteiger partial charge in [0.1, 0.15) is 0 Å². The predicted molar refractivity (Wildman–Crippen MR) is 135 cm³/mol. The van der Waals surface area contributed by atoms with E-state index in [1.165, 1.54) is 11.8 Å². The van der Waals surface area contributed by atoms with Crippen molar-refractivity contribution in [2.45, 2.75) is 12.1 Å². The molecule has 5 aromatic rings. The van der Waals surface area contributed by atoms with Gasteiger partial charge in [-0.25, -0.2) is 4.98 Å². The van der Waals surface area contributed by atoms with Crippen molar-refractivity contribution < 1.29 is 4.79 Å². The number of hydrogen-bond donors (Lipinski definition) is 1. The number of anilines is 1. The van der Waals surface area contributed by atoms with Crippen molar-refractivity contribution in [2.24, 2.45) is 0 Å². The lowest BCUT2D eigenvalue weighted by atomic mass is 10.1. The van der Waals surface area contributed by atoms with Crippen LogP contribution in [0.15, 0.2) is 101 Å². The summed E-state index contributed by atoms with van der Waals surface area (Å²) in [7, 11) is 0. The number of carbonyl (C=O) groups is 1. The molecule has 0 aliphatic rings. The van der Waals surface area contributed by atoms with Gasteiger partial charge in [-0.1, -0.05) is 78.0 Å². The summed E-state index contributed by atoms with van der Waals surface area (Å²) in [6, 6.07) is 28.7. The van der Waals surface area contributed by atoms with E-state index in [9.17, 15) is 9.59 Å². The van der Waals surface area contributed by atoms with E-state index in [4.69, 9.17) is 4.98 Å². The Bertz CT molecular complexity index is 1540. The zero-order valence-electron chi connectivity index (χ0n) is 18.0. The van der Waals surface area contributed by atoms with Crippen LogP contribution in [0.3, 0.4) is 0 Å². The fourth-order valence-corrected chi connectivity index (χ4v) is 4.59. The molecule has 1 N–H and O–H groups in total. The Morgan fingerprint density at radius 1 is 0.879 bits per heavy atom. The maximum absolute atomic E-state index is 13.3. The molecule has 33 heavy (non-hydrogen) atoms. The number of hydrogen-bond acceptors (Lipinski definition) is 4. The molecule has 0 fully saturated rings. The minimum Gasteiger partial charge on any atom is -0.325 e. The number of nitrogens with zero attached hydrogens (tertiary/aromatic N) is 2. The number of para-hydroxylation sites is 1. The highest BCUT2D eigenvalue weighted by atomic mass is 32.2. The van der Waals surface area contributed by atoms with Gasteiger partial charge >= 0.3 is 0 Å². The van der Waals surface area contributed by atoms with E-state index in [1.54, 1.807) is 10.6 Å². The van der Waals surface area contributed by atoms with Gasteiger partial charge < -0.3 is 5.32 Å². The van der Waals surface area contributed by atoms with Crippen LogP contribution in [-0.2, 0) is 4.79 Å². The van der Waals surface area contributed by atoms with E-state index in [1.807, 2.05) is 91.9 Å². The van der Waals surface area contributed by atoms with Gasteiger partial charge in [0.15, 0.2) is 5.16 Å². The standard InChI is InChI=1S/C27H21N3O2S/c1-18-13-15-20(16-14-18)30-26(32)22-10-4-5-11-24(22)29-27(30)33-17-25(31)28-23-12-6-8-19-7-2-3-9-21(19)23/h2-16H,17H2,1H3,(H,28,31). The van der Waals surface area contributed by atoms with Crippen LogP contribution in [0.5, 0.6) is 0 Å². The summed E-state index contributed by atoms with van der Waals surface area (Å²) in [6.45, 7) is 2.00. The number of rotatable bonds is 5. The summed E-state index contributed by atoms with van der Waals surface area (Å²) in [5, 5.41) is 6.07. The molecular formula is C27H21N3O2S. The Morgan fingerprint density at radius 2 is 1.58 bits per heavy atom. The van der Waals surface area contributed by atoms with E-state index in [-0.39, 0.29) is 17.2 Å². The molecule has 5 nitrogen and oxygen atoms in total. The van der Waals surface area contributed by atoms with Crippen LogP contribution < -0.4 is 10.9 Å². The van der Waals surface area contributed by atoms with Crippen molar-refractivity contribution in [1.82, 2.24) is 9.55 Å². The van der Waals surface area contributed by atoms with Crippen LogP contribution in [0, 0.1) is 6.92 Å². The van der Waals surface area contributed by atoms with E-state index in [2.05, 4.69) is 5.32 Å². The fraction of sp³-hybridized carbons (Fsp3) is 0.0741. The topological polar surface area (TPSA) is 64.0 Å². The number of amides is 1. The van der Waals surface area contributed by atoms with Crippen molar-refractivity contribution in [3.63, 3.8) is 0 Å². The van der Waals surface area contributed by atoms with Gasteiger partial charge in [-0.15, -0.1) is 0 Å². The Morgan fingerprint density at radius 3 is 2.39 bits per heavy atom. The zero-order valence-corrected chi connectivity index (χ0v) is 18.8. The quantitative estimate of drug-likeness (QED) is 0.280. The van der Waals surface area contributed by atoms with Crippen molar-refractivity contribution in [1.29, 1.82) is 0 Å². The first-order valence-corrected chi connectivity index (χ1v) is 11.6. The highest BCUT2D eigenvalue weighted by Gasteiger charge is 2.15. The molecule has 0 unspecified atom stereocenters. The molecule has 0 spiro atoms. The molecule has 0 saturated carbocycles. The number of nitrogens with one attached hydrogen (secondary N) is 1. The molecule has 0 atom stereocenters. The third-order valence-electron chi connectivity index (χ3n) is 5.43. The first kappa shape index (κ1) is 21.0. The summed E-state index contributed by atoms with van der Waals surface area (Å²) >= 11 is 1.25. The summed E-state index contributed by atoms with van der Waals surface area (Å²) in [5.74, 6) is -0.0333. The molecule has 1 heterocycles. The van der Waals surface area contributed by atoms with Gasteiger partial charge in [0.05, 0.1) is 22.3 Å². The van der Waals surface area contributed by atoms with E-state index in [0.717, 1.165) is 27.7 Å². The van der Waals surface area contributed by atoms with Crippen molar-refractivity contribution in [2.75, 3.05) is 11.1 Å². The third kappa shape index (κ3) is 4.25. The third-order valence-corrected chi connectivity index (χ3v) is 6.37. The maximum atomic E-state index is 13.3. The molecule has 0 bridgehead atoms. The number of carbonyl (C=O) groups excluding carboxylic acids is 1. The molecule has 0 radical (unpaired) electrons. The summed E-state index contributed by atoms with van der Waals surface area (Å²) < 4.78 is 1.58. The molecular weight excluding hydrogens is 430 g/mol. The monoisotopic (exact) mass is 451 g/mol. The minimum atomic E-state index is -0.158. The predicted octanol–water partition coefficient (Wildman–Crippen LogP) is 5.58. The number of fused-ring (bicyclic) bond motifs is 2. The summed E-state index contributed by atoms with van der Waals surface area (Å²) in [6.07, 6.45) is 0. The van der Waals surface area contributed by atoms with Crippen molar-refractivity contribution in [3.8, 4) is 5.69 Å². The largest absolute Gasteiger partial charge is 0.325 e. The SMILES string of the molecule is Cc1ccc(-n2c(SCC(=O)Nc3cccc4ccccc34)nc3ccccc3c2=O)cc1. The van der Waals surface area contributed by atoms with Crippen LogP contribution in [0.4, 0.5) is 5.69 Å². The Hall–Kier alpha value is -3.90. The lowest BCUT2D eigenvalue weighted by Crippen LogP contribution is -2.23. The molecule has 0 aliphatic heterocycles. The lowest BCUT2D eigenvalue weighted by Gasteiger charge is -2.14. The molecule has 1 amide bonds. The normalized spacial score (nSPS) is 11.1. The van der Waals surface area contributed by atoms with Gasteiger partial charge in [-0.3, -0.25) is 14.2 Å². The number of benzene rings is 4. The lowest BCUT2D eigenvalue weighted by molar-refractivity contribution is -0.113. The second kappa shape index (κ2) is 8.92. The summed E-state index contributed by atoms with van der Waals surface area (Å²) in [4.78, 5) is 30.9. The van der Waals surface area contributed by atoms with Crippen LogP contribution in [0.1, 0.15) is 5.56 Å². The fourth-order valence-electron chi connectivity index (χ4n) is 3.78. The van der Waals surface area contributed by atoms with Crippen LogP contribution >= 0.6 is 11.8 Å². The number of aromatic nitrogens is 2. The van der Waals surface area contributed by atoms with Crippen molar-refractivity contribution >= 4 is 45.0 Å². The summed E-state index contributed by atoms with van der Waals surface area (Å²) in [5.41, 5.74) is 3.05. The Balaban J connectivity index is 1.47. The van der Waals surface area contributed by atoms with Crippen molar-refractivity contribution in [3.05, 3.63) is 107 Å². The molecule has 162 valence electrons. The Kier molecular flexibility index (Phi) is 5.67. The molecule has 0 saturated heterocycles. The van der Waals surface area contributed by atoms with Crippen LogP contribution in [0.25, 0.3) is 27.4 Å². The van der Waals surface area contributed by atoms with E-state index in [0.29, 0.717) is 16.1 Å². The minimum absolute atomic E-state index is 0.125.